The summed E-state index contributed by atoms with van der Waals surface area (Å²) in [5, 5.41) is 11.3. The first-order chi connectivity index (χ1) is 20.1. The van der Waals surface area contributed by atoms with Crippen molar-refractivity contribution in [2.24, 2.45) is 11.1 Å². The lowest BCUT2D eigenvalue weighted by Gasteiger charge is -2.24. The number of hydrogen-bond acceptors (Lipinski definition) is 8. The maximum Gasteiger partial charge on any atom is 0.244 e. The van der Waals surface area contributed by atoms with Gasteiger partial charge < -0.3 is 21.8 Å². The number of carbonyl (C=O) groups is 1. The van der Waals surface area contributed by atoms with Crippen molar-refractivity contribution in [2.45, 2.75) is 45.2 Å². The van der Waals surface area contributed by atoms with Crippen LogP contribution in [0.5, 0.6) is 0 Å². The van der Waals surface area contributed by atoms with E-state index < -0.39 is 5.54 Å². The van der Waals surface area contributed by atoms with Gasteiger partial charge in [-0.05, 0) is 48.1 Å². The predicted octanol–water partition coefficient (Wildman–Crippen LogP) is 5.21. The van der Waals surface area contributed by atoms with E-state index in [1.54, 1.807) is 17.4 Å². The molecule has 1 saturated carbocycles. The van der Waals surface area contributed by atoms with Gasteiger partial charge in [-0.15, -0.1) is 12.0 Å². The maximum atomic E-state index is 12.3. The molecule has 2 aromatic heterocycles. The zero-order chi connectivity index (χ0) is 29.6. The van der Waals surface area contributed by atoms with E-state index in [2.05, 4.69) is 64.3 Å². The van der Waals surface area contributed by atoms with Crippen LogP contribution >= 0.6 is 11.6 Å². The Labute approximate surface area is 249 Å². The molecule has 2 aliphatic rings. The molecule has 214 valence electrons. The van der Waals surface area contributed by atoms with E-state index in [0.29, 0.717) is 35.5 Å². The van der Waals surface area contributed by atoms with E-state index in [1.807, 2.05) is 42.6 Å². The third-order valence-corrected chi connectivity index (χ3v) is 8.01. The molecule has 6 N–H and O–H groups in total. The number of pyridine rings is 2. The zero-order valence-corrected chi connectivity index (χ0v) is 24.5. The number of rotatable bonds is 8. The first-order valence-corrected chi connectivity index (χ1v) is 14.2. The van der Waals surface area contributed by atoms with Crippen molar-refractivity contribution in [2.75, 3.05) is 17.2 Å². The molecule has 9 nitrogen and oxygen atoms in total. The Morgan fingerprint density at radius 3 is 2.74 bits per heavy atom. The van der Waals surface area contributed by atoms with Crippen LogP contribution in [0.4, 0.5) is 11.4 Å². The predicted molar refractivity (Wildman–Crippen MR) is 168 cm³/mol. The highest BCUT2D eigenvalue weighted by Crippen LogP contribution is 2.43. The number of halogens is 1. The maximum absolute atomic E-state index is 12.3. The molecule has 0 unspecified atom stereocenters. The fraction of sp³-hybridized carbons (Fsp3) is 0.281. The summed E-state index contributed by atoms with van der Waals surface area (Å²) >= 11 is 6.84. The van der Waals surface area contributed by atoms with Crippen LogP contribution < -0.4 is 27.3 Å². The Hall–Kier alpha value is -4.52. The molecule has 4 aromatic rings. The number of nitrogens with one attached hydrogen (secondary N) is 4. The van der Waals surface area contributed by atoms with E-state index in [1.165, 1.54) is 0 Å². The van der Waals surface area contributed by atoms with E-state index >= 15 is 0 Å². The summed E-state index contributed by atoms with van der Waals surface area (Å²) in [6, 6.07) is 13.5. The van der Waals surface area contributed by atoms with Gasteiger partial charge in [-0.25, -0.2) is 0 Å². The van der Waals surface area contributed by atoms with Crippen molar-refractivity contribution >= 4 is 50.7 Å². The number of benzene rings is 2. The number of amides is 1. The standard InChI is InChI=1S/C32H33ClN8O/c1-5-19-16-36-28-23(27(19)37-18-31(2,3)4)14-20(15-24(28)33)38-29(22-8-6-10-25-21(22)9-7-13-35-25)26-17-41(40-39-26)32(11-12-32)30(34)42/h1,6-10,13-17,29,38-40H,11-12,18H2,2-4H3,(H2,34,42)(H,36,37)/t29-/m0/s1. The molecule has 42 heavy (non-hydrogen) atoms. The normalized spacial score (nSPS) is 16.5. The van der Waals surface area contributed by atoms with Crippen molar-refractivity contribution in [3.05, 3.63) is 82.9 Å². The quantitative estimate of drug-likeness (QED) is 0.180. The van der Waals surface area contributed by atoms with Crippen LogP contribution in [-0.2, 0) is 4.79 Å². The van der Waals surface area contributed by atoms with Gasteiger partial charge in [0.2, 0.25) is 5.91 Å². The lowest BCUT2D eigenvalue weighted by Crippen LogP contribution is -2.51. The Balaban J connectivity index is 1.46. The van der Waals surface area contributed by atoms with E-state index in [4.69, 9.17) is 23.8 Å². The van der Waals surface area contributed by atoms with Crippen LogP contribution in [0.15, 0.2) is 66.8 Å². The number of anilines is 2. The van der Waals surface area contributed by atoms with Crippen molar-refractivity contribution in [1.29, 1.82) is 0 Å². The molecular formula is C32H33ClN8O. The van der Waals surface area contributed by atoms with Crippen LogP contribution in [0.1, 0.15) is 50.8 Å². The third kappa shape index (κ3) is 5.04. The molecular weight excluding hydrogens is 548 g/mol. The minimum atomic E-state index is -0.739. The SMILES string of the molecule is C#Cc1cnc2c(Cl)cc(N[C@H](C3=CN(C4(C(N)=O)CC4)NN3)c3cccc4ncccc34)cc2c1NCC(C)(C)C. The van der Waals surface area contributed by atoms with Gasteiger partial charge in [0.15, 0.2) is 0 Å². The van der Waals surface area contributed by atoms with Gasteiger partial charge in [-0.2, -0.15) is 0 Å². The number of hydrazine groups is 2. The molecule has 1 aliphatic carbocycles. The highest BCUT2D eigenvalue weighted by molar-refractivity contribution is 6.35. The summed E-state index contributed by atoms with van der Waals surface area (Å²) in [7, 11) is 0. The Morgan fingerprint density at radius 2 is 2.02 bits per heavy atom. The van der Waals surface area contributed by atoms with E-state index in [-0.39, 0.29) is 17.4 Å². The molecule has 0 spiro atoms. The van der Waals surface area contributed by atoms with Gasteiger partial charge in [0.1, 0.15) is 5.54 Å². The smallest absolute Gasteiger partial charge is 0.244 e. The molecule has 1 aliphatic heterocycles. The number of hydrogen-bond donors (Lipinski definition) is 5. The van der Waals surface area contributed by atoms with Crippen LogP contribution in [0.25, 0.3) is 21.8 Å². The first kappa shape index (κ1) is 27.6. The molecule has 3 heterocycles. The zero-order valence-electron chi connectivity index (χ0n) is 23.8. The number of primary amides is 1. The topological polar surface area (TPSA) is 120 Å². The number of terminal acetylenes is 1. The lowest BCUT2D eigenvalue weighted by molar-refractivity contribution is -0.124. The lowest BCUT2D eigenvalue weighted by atomic mass is 9.96. The minimum Gasteiger partial charge on any atom is -0.383 e. The van der Waals surface area contributed by atoms with E-state index in [9.17, 15) is 4.79 Å². The van der Waals surface area contributed by atoms with Crippen LogP contribution in [0.2, 0.25) is 5.02 Å². The summed E-state index contributed by atoms with van der Waals surface area (Å²) in [6.07, 6.45) is 12.6. The highest BCUT2D eigenvalue weighted by atomic mass is 35.5. The van der Waals surface area contributed by atoms with Crippen LogP contribution in [0.3, 0.4) is 0 Å². The van der Waals surface area contributed by atoms with Crippen molar-refractivity contribution in [1.82, 2.24) is 25.9 Å². The van der Waals surface area contributed by atoms with Gasteiger partial charge in [0.05, 0.1) is 39.0 Å². The molecule has 10 heteroatoms. The van der Waals surface area contributed by atoms with Crippen molar-refractivity contribution in [3.8, 4) is 12.3 Å². The van der Waals surface area contributed by atoms with E-state index in [0.717, 1.165) is 38.9 Å². The molecule has 0 bridgehead atoms. The van der Waals surface area contributed by atoms with Gasteiger partial charge in [-0.1, -0.05) is 56.5 Å². The van der Waals surface area contributed by atoms with Crippen molar-refractivity contribution < 1.29 is 4.79 Å². The van der Waals surface area contributed by atoms with Gasteiger partial charge in [-0.3, -0.25) is 19.8 Å². The number of aromatic nitrogens is 2. The third-order valence-electron chi connectivity index (χ3n) is 7.72. The number of fused-ring (bicyclic) bond motifs is 2. The number of nitrogens with zero attached hydrogens (tertiary/aromatic N) is 3. The second-order valence-electron chi connectivity index (χ2n) is 12.0. The van der Waals surface area contributed by atoms with Gasteiger partial charge in [0, 0.05) is 41.6 Å². The summed E-state index contributed by atoms with van der Waals surface area (Å²) < 4.78 is 0. The van der Waals surface area contributed by atoms with Crippen LogP contribution in [0, 0.1) is 17.8 Å². The summed E-state index contributed by atoms with van der Waals surface area (Å²) in [5.41, 5.74) is 17.0. The number of carbonyl (C=O) groups excluding carboxylic acids is 1. The summed E-state index contributed by atoms with van der Waals surface area (Å²) in [6.45, 7) is 7.19. The average molecular weight is 581 g/mol. The average Bonchev–Trinajstić information content (AvgIpc) is 3.64. The molecule has 1 atom stereocenters. The fourth-order valence-electron chi connectivity index (χ4n) is 5.30. The minimum absolute atomic E-state index is 0.0257. The Bertz CT molecular complexity index is 1780. The second kappa shape index (κ2) is 10.4. The summed E-state index contributed by atoms with van der Waals surface area (Å²) in [4.78, 5) is 21.4. The Kier molecular flexibility index (Phi) is 6.84. The van der Waals surface area contributed by atoms with Crippen molar-refractivity contribution in [3.63, 3.8) is 0 Å². The number of nitrogens with two attached hydrogens (primary N) is 1. The molecule has 6 rings (SSSR count). The van der Waals surface area contributed by atoms with Gasteiger partial charge >= 0.3 is 0 Å². The summed E-state index contributed by atoms with van der Waals surface area (Å²) in [5.74, 6) is 2.40. The van der Waals surface area contributed by atoms with Crippen LogP contribution in [-0.4, -0.2) is 33.0 Å². The monoisotopic (exact) mass is 580 g/mol. The first-order valence-electron chi connectivity index (χ1n) is 13.9. The fourth-order valence-corrected chi connectivity index (χ4v) is 5.56. The molecule has 1 amide bonds. The molecule has 1 fully saturated rings. The molecule has 2 aromatic carbocycles. The molecule has 0 saturated heterocycles. The Morgan fingerprint density at radius 1 is 1.21 bits per heavy atom. The highest BCUT2D eigenvalue weighted by Gasteiger charge is 2.54. The van der Waals surface area contributed by atoms with Gasteiger partial charge in [0.25, 0.3) is 0 Å². The largest absolute Gasteiger partial charge is 0.383 e. The molecule has 0 radical (unpaired) electrons. The second-order valence-corrected chi connectivity index (χ2v) is 12.4.